The monoisotopic (exact) mass is 615 g/mol. The lowest BCUT2D eigenvalue weighted by Gasteiger charge is -2.46. The van der Waals surface area contributed by atoms with Crippen molar-refractivity contribution in [2.45, 2.75) is 103 Å². The van der Waals surface area contributed by atoms with E-state index >= 15 is 0 Å². The van der Waals surface area contributed by atoms with Crippen LogP contribution in [0.15, 0.2) is 48.5 Å². The van der Waals surface area contributed by atoms with Crippen molar-refractivity contribution in [3.8, 4) is 11.5 Å². The highest BCUT2D eigenvalue weighted by atomic mass is 19.3. The average molecular weight is 616 g/mol. The molecule has 0 spiro atoms. The highest BCUT2D eigenvalue weighted by molar-refractivity contribution is 5.82. The van der Waals surface area contributed by atoms with E-state index in [2.05, 4.69) is 26.0 Å². The first-order valence-electron chi connectivity index (χ1n) is 16.0. The quantitative estimate of drug-likeness (QED) is 0.230. The summed E-state index contributed by atoms with van der Waals surface area (Å²) in [7, 11) is 3.39. The molecule has 8 heteroatoms. The Balaban J connectivity index is 1.51. The first-order chi connectivity index (χ1) is 20.9. The van der Waals surface area contributed by atoms with E-state index in [9.17, 15) is 13.6 Å². The van der Waals surface area contributed by atoms with Gasteiger partial charge < -0.3 is 23.8 Å². The van der Waals surface area contributed by atoms with E-state index in [1.807, 2.05) is 36.4 Å². The molecule has 2 aliphatic rings. The molecule has 1 aliphatic carbocycles. The fraction of sp³-hybridized carbons (Fsp3) is 0.639. The van der Waals surface area contributed by atoms with Crippen LogP contribution in [0.1, 0.15) is 83.8 Å². The molecule has 1 aliphatic heterocycles. The number of nitrogens with zero attached hydrogens (tertiary/aromatic N) is 1. The Kier molecular flexibility index (Phi) is 11.3. The normalized spacial score (nSPS) is 23.8. The fourth-order valence-electron chi connectivity index (χ4n) is 6.87. The van der Waals surface area contributed by atoms with Gasteiger partial charge in [-0.25, -0.2) is 8.78 Å². The third-order valence-electron chi connectivity index (χ3n) is 9.58. The van der Waals surface area contributed by atoms with Crippen molar-refractivity contribution in [3.05, 3.63) is 59.7 Å². The van der Waals surface area contributed by atoms with Gasteiger partial charge in [0.15, 0.2) is 0 Å². The van der Waals surface area contributed by atoms with Crippen molar-refractivity contribution in [2.24, 2.45) is 11.3 Å². The van der Waals surface area contributed by atoms with Gasteiger partial charge in [0, 0.05) is 38.8 Å². The molecule has 1 saturated heterocycles. The summed E-state index contributed by atoms with van der Waals surface area (Å²) in [5.74, 6) is 1.62. The summed E-state index contributed by atoms with van der Waals surface area (Å²) in [4.78, 5) is 15.3. The number of hydrogen-bond donors (Lipinski definition) is 0. The predicted octanol–water partition coefficient (Wildman–Crippen LogP) is 7.82. The van der Waals surface area contributed by atoms with Crippen LogP contribution in [-0.2, 0) is 26.2 Å². The maximum Gasteiger partial charge on any atom is 0.252 e. The number of halogens is 2. The molecule has 0 bridgehead atoms. The Labute approximate surface area is 262 Å². The van der Waals surface area contributed by atoms with Gasteiger partial charge in [0.2, 0.25) is 5.91 Å². The second-order valence-electron chi connectivity index (χ2n) is 13.9. The van der Waals surface area contributed by atoms with Gasteiger partial charge in [0.1, 0.15) is 16.9 Å². The molecule has 6 nitrogen and oxygen atoms in total. The lowest BCUT2D eigenvalue weighted by molar-refractivity contribution is -0.150. The predicted molar refractivity (Wildman–Crippen MR) is 168 cm³/mol. The molecule has 2 fully saturated rings. The number of methoxy groups -OCH3 is 2. The van der Waals surface area contributed by atoms with Gasteiger partial charge >= 0.3 is 0 Å². The van der Waals surface area contributed by atoms with Crippen molar-refractivity contribution in [3.63, 3.8) is 0 Å². The van der Waals surface area contributed by atoms with E-state index in [4.69, 9.17) is 18.9 Å². The minimum absolute atomic E-state index is 0.178. The second-order valence-corrected chi connectivity index (χ2v) is 13.9. The number of carbonyl (C=O) groups is 1. The zero-order valence-corrected chi connectivity index (χ0v) is 27.4. The van der Waals surface area contributed by atoms with Crippen molar-refractivity contribution in [2.75, 3.05) is 34.0 Å². The van der Waals surface area contributed by atoms with E-state index in [0.717, 1.165) is 67.8 Å². The van der Waals surface area contributed by atoms with Gasteiger partial charge in [-0.15, -0.1) is 0 Å². The minimum atomic E-state index is -2.77. The fourth-order valence-corrected chi connectivity index (χ4v) is 6.87. The van der Waals surface area contributed by atoms with Gasteiger partial charge in [0.25, 0.3) is 6.43 Å². The zero-order valence-electron chi connectivity index (χ0n) is 27.4. The maximum atomic E-state index is 14.1. The molecule has 1 amide bonds. The molecule has 0 unspecified atom stereocenters. The van der Waals surface area contributed by atoms with E-state index in [-0.39, 0.29) is 23.7 Å². The highest BCUT2D eigenvalue weighted by Crippen LogP contribution is 2.45. The van der Waals surface area contributed by atoms with E-state index < -0.39 is 17.7 Å². The van der Waals surface area contributed by atoms with Gasteiger partial charge in [-0.05, 0) is 114 Å². The molecule has 1 atom stereocenters. The number of rotatable bonds is 13. The Morgan fingerprint density at radius 2 is 1.64 bits per heavy atom. The molecule has 1 saturated carbocycles. The molecule has 0 N–H and O–H groups in total. The maximum absolute atomic E-state index is 14.1. The van der Waals surface area contributed by atoms with E-state index in [0.29, 0.717) is 25.5 Å². The highest BCUT2D eigenvalue weighted by Gasteiger charge is 2.44. The molecule has 2 aromatic carbocycles. The zero-order chi connectivity index (χ0) is 32.0. The third-order valence-corrected chi connectivity index (χ3v) is 9.58. The van der Waals surface area contributed by atoms with Crippen LogP contribution in [-0.4, -0.2) is 62.9 Å². The van der Waals surface area contributed by atoms with Crippen LogP contribution in [0.2, 0.25) is 0 Å². The SMILES string of the molecule is COCC1CCC(Oc2ccc(CN(CC[C@@]3(c4ccc(OC)cc4)CCOC(C)(C)C3)C(=O)C(C)(C)C(F)F)cc2)CC1. The minimum Gasteiger partial charge on any atom is -0.497 e. The summed E-state index contributed by atoms with van der Waals surface area (Å²) >= 11 is 0. The molecular formula is C36H51F2NO5. The number of benzene rings is 2. The van der Waals surface area contributed by atoms with Crippen molar-refractivity contribution >= 4 is 5.91 Å². The summed E-state index contributed by atoms with van der Waals surface area (Å²) < 4.78 is 51.3. The van der Waals surface area contributed by atoms with Crippen LogP contribution in [0.25, 0.3) is 0 Å². The number of hydrogen-bond acceptors (Lipinski definition) is 5. The smallest absolute Gasteiger partial charge is 0.252 e. The molecule has 4 rings (SSSR count). The molecule has 0 radical (unpaired) electrons. The molecular weight excluding hydrogens is 564 g/mol. The second kappa shape index (κ2) is 14.6. The number of carbonyl (C=O) groups excluding carboxylic acids is 1. The number of amides is 1. The Morgan fingerprint density at radius 1 is 1.00 bits per heavy atom. The van der Waals surface area contributed by atoms with Gasteiger partial charge in [-0.2, -0.15) is 0 Å². The van der Waals surface area contributed by atoms with Crippen LogP contribution in [0.5, 0.6) is 11.5 Å². The summed E-state index contributed by atoms with van der Waals surface area (Å²) in [6.45, 7) is 8.82. The topological polar surface area (TPSA) is 57.2 Å². The van der Waals surface area contributed by atoms with Gasteiger partial charge in [0.05, 0.1) is 18.8 Å². The van der Waals surface area contributed by atoms with Crippen molar-refractivity contribution in [1.82, 2.24) is 4.90 Å². The largest absolute Gasteiger partial charge is 0.497 e. The number of alkyl halides is 2. The molecule has 244 valence electrons. The summed E-state index contributed by atoms with van der Waals surface area (Å²) in [5.41, 5.74) is -0.402. The first kappa shape index (κ1) is 34.2. The van der Waals surface area contributed by atoms with E-state index in [1.165, 1.54) is 13.8 Å². The third kappa shape index (κ3) is 8.51. The van der Waals surface area contributed by atoms with Crippen LogP contribution < -0.4 is 9.47 Å². The lowest BCUT2D eigenvalue weighted by atomic mass is 9.67. The van der Waals surface area contributed by atoms with Crippen LogP contribution in [0, 0.1) is 11.3 Å². The first-order valence-corrected chi connectivity index (χ1v) is 16.0. The Bertz CT molecular complexity index is 1190. The van der Waals surface area contributed by atoms with Crippen LogP contribution in [0.4, 0.5) is 8.78 Å². The summed E-state index contributed by atoms with van der Waals surface area (Å²) in [5, 5.41) is 0. The molecule has 44 heavy (non-hydrogen) atoms. The summed E-state index contributed by atoms with van der Waals surface area (Å²) in [6, 6.07) is 15.8. The Hall–Kier alpha value is -2.71. The van der Waals surface area contributed by atoms with Crippen molar-refractivity contribution < 1.29 is 32.5 Å². The van der Waals surface area contributed by atoms with Crippen LogP contribution in [0.3, 0.4) is 0 Å². The molecule has 0 aromatic heterocycles. The Morgan fingerprint density at radius 3 is 2.20 bits per heavy atom. The average Bonchev–Trinajstić information content (AvgIpc) is 3.00. The summed E-state index contributed by atoms with van der Waals surface area (Å²) in [6.07, 6.45) is 3.75. The number of ether oxygens (including phenoxy) is 4. The standard InChI is InChI=1S/C36H51F2NO5/c1-34(2)25-36(20-22-43-34,28-11-17-29(42-6)18-12-28)19-21-39(33(40)35(3,4)32(37)38)23-26-7-13-30(14-8-26)44-31-15-9-27(10-16-31)24-41-5/h7-8,11-14,17-18,27,31-32H,9-10,15-16,19-25H2,1-6H3/t27?,31?,36-/m1/s1. The van der Waals surface area contributed by atoms with Gasteiger partial charge in [-0.3, -0.25) is 4.79 Å². The van der Waals surface area contributed by atoms with E-state index in [1.54, 1.807) is 19.1 Å². The molecule has 2 aromatic rings. The molecule has 1 heterocycles. The van der Waals surface area contributed by atoms with Gasteiger partial charge in [-0.1, -0.05) is 24.3 Å². The lowest BCUT2D eigenvalue weighted by Crippen LogP contribution is -2.48. The van der Waals surface area contributed by atoms with Crippen molar-refractivity contribution in [1.29, 1.82) is 0 Å². The van der Waals surface area contributed by atoms with Crippen LogP contribution >= 0.6 is 0 Å².